The lowest BCUT2D eigenvalue weighted by Crippen LogP contribution is -1.93. The number of phenols is 1. The molecule has 0 amide bonds. The standard InChI is InChI=1S/C23H19N3O4/c1-13-7-15(3)22-20(8-13)25-23(30-22)16-5-4-6-18(10-16)24-12-17-11-19(26(28)29)9-14(2)21(17)27/h4-12,27H,1-3H3. The van der Waals surface area contributed by atoms with Crippen molar-refractivity contribution in [3.8, 4) is 17.2 Å². The minimum Gasteiger partial charge on any atom is -0.507 e. The van der Waals surface area contributed by atoms with Gasteiger partial charge in [-0.2, -0.15) is 0 Å². The smallest absolute Gasteiger partial charge is 0.270 e. The number of oxazole rings is 1. The summed E-state index contributed by atoms with van der Waals surface area (Å²) >= 11 is 0. The van der Waals surface area contributed by atoms with E-state index in [0.717, 1.165) is 27.8 Å². The van der Waals surface area contributed by atoms with Crippen molar-refractivity contribution in [2.75, 3.05) is 0 Å². The van der Waals surface area contributed by atoms with Crippen LogP contribution in [0, 0.1) is 30.9 Å². The van der Waals surface area contributed by atoms with Crippen LogP contribution < -0.4 is 0 Å². The van der Waals surface area contributed by atoms with Gasteiger partial charge in [-0.25, -0.2) is 4.98 Å². The summed E-state index contributed by atoms with van der Waals surface area (Å²) in [6.45, 7) is 5.61. The Labute approximate surface area is 172 Å². The van der Waals surface area contributed by atoms with Crippen LogP contribution in [0.15, 0.2) is 57.9 Å². The number of aromatic hydroxyl groups is 1. The number of rotatable bonds is 4. The molecule has 0 bridgehead atoms. The van der Waals surface area contributed by atoms with Gasteiger partial charge in [0.1, 0.15) is 11.3 Å². The second-order valence-corrected chi connectivity index (χ2v) is 7.22. The van der Waals surface area contributed by atoms with Crippen molar-refractivity contribution in [2.45, 2.75) is 20.8 Å². The van der Waals surface area contributed by atoms with Crippen molar-refractivity contribution in [3.63, 3.8) is 0 Å². The van der Waals surface area contributed by atoms with Crippen LogP contribution in [0.25, 0.3) is 22.6 Å². The van der Waals surface area contributed by atoms with E-state index >= 15 is 0 Å². The molecule has 30 heavy (non-hydrogen) atoms. The summed E-state index contributed by atoms with van der Waals surface area (Å²) in [4.78, 5) is 19.5. The van der Waals surface area contributed by atoms with Gasteiger partial charge in [-0.3, -0.25) is 15.1 Å². The Balaban J connectivity index is 1.70. The van der Waals surface area contributed by atoms with Crippen LogP contribution in [0.2, 0.25) is 0 Å². The van der Waals surface area contributed by atoms with E-state index in [1.54, 1.807) is 13.0 Å². The van der Waals surface area contributed by atoms with E-state index < -0.39 is 4.92 Å². The first-order valence-corrected chi connectivity index (χ1v) is 9.32. The highest BCUT2D eigenvalue weighted by Gasteiger charge is 2.13. The van der Waals surface area contributed by atoms with Crippen LogP contribution in [0.1, 0.15) is 22.3 Å². The number of phenolic OH excluding ortho intramolecular Hbond substituents is 1. The third-order valence-electron chi connectivity index (χ3n) is 4.79. The molecule has 0 atom stereocenters. The van der Waals surface area contributed by atoms with Gasteiger partial charge < -0.3 is 9.52 Å². The first-order valence-electron chi connectivity index (χ1n) is 9.32. The highest BCUT2D eigenvalue weighted by molar-refractivity contribution is 5.87. The average Bonchev–Trinajstić information content (AvgIpc) is 3.13. The Bertz CT molecular complexity index is 1320. The minimum atomic E-state index is -0.499. The number of aromatic nitrogens is 1. The summed E-state index contributed by atoms with van der Waals surface area (Å²) in [6, 6.07) is 13.9. The van der Waals surface area contributed by atoms with Crippen LogP contribution in [0.3, 0.4) is 0 Å². The summed E-state index contributed by atoms with van der Waals surface area (Å²) in [7, 11) is 0. The van der Waals surface area contributed by atoms with E-state index in [0.29, 0.717) is 17.1 Å². The van der Waals surface area contributed by atoms with Crippen LogP contribution in [-0.4, -0.2) is 21.2 Å². The molecule has 0 aliphatic carbocycles. The van der Waals surface area contributed by atoms with Crippen molar-refractivity contribution in [3.05, 3.63) is 80.9 Å². The van der Waals surface area contributed by atoms with Gasteiger partial charge in [0.25, 0.3) is 5.69 Å². The molecule has 0 aliphatic heterocycles. The first kappa shape index (κ1) is 19.3. The van der Waals surface area contributed by atoms with E-state index in [1.165, 1.54) is 18.3 Å². The highest BCUT2D eigenvalue weighted by atomic mass is 16.6. The molecule has 0 saturated heterocycles. The number of hydrogen-bond acceptors (Lipinski definition) is 6. The molecular formula is C23H19N3O4. The second-order valence-electron chi connectivity index (χ2n) is 7.22. The van der Waals surface area contributed by atoms with Gasteiger partial charge in [0.15, 0.2) is 5.58 Å². The zero-order valence-corrected chi connectivity index (χ0v) is 16.7. The molecule has 150 valence electrons. The number of nitro benzene ring substituents is 1. The Morgan fingerprint density at radius 3 is 2.67 bits per heavy atom. The van der Waals surface area contributed by atoms with Crippen molar-refractivity contribution in [2.24, 2.45) is 4.99 Å². The number of nitro groups is 1. The van der Waals surface area contributed by atoms with Gasteiger partial charge in [-0.05, 0) is 61.7 Å². The predicted molar refractivity (Wildman–Crippen MR) is 116 cm³/mol. The molecule has 7 nitrogen and oxygen atoms in total. The topological polar surface area (TPSA) is 102 Å². The third kappa shape index (κ3) is 3.65. The van der Waals surface area contributed by atoms with Crippen LogP contribution in [0.4, 0.5) is 11.4 Å². The van der Waals surface area contributed by atoms with Crippen LogP contribution >= 0.6 is 0 Å². The van der Waals surface area contributed by atoms with Crippen molar-refractivity contribution >= 4 is 28.7 Å². The van der Waals surface area contributed by atoms with Gasteiger partial charge in [0.2, 0.25) is 5.89 Å². The minimum absolute atomic E-state index is 0.0368. The lowest BCUT2D eigenvalue weighted by atomic mass is 10.1. The van der Waals surface area contributed by atoms with Crippen LogP contribution in [0.5, 0.6) is 5.75 Å². The van der Waals surface area contributed by atoms with Gasteiger partial charge in [0.05, 0.1) is 10.6 Å². The molecule has 0 radical (unpaired) electrons. The highest BCUT2D eigenvalue weighted by Crippen LogP contribution is 2.30. The fourth-order valence-corrected chi connectivity index (χ4v) is 3.35. The number of aryl methyl sites for hydroxylation is 3. The molecule has 0 saturated carbocycles. The molecule has 0 aliphatic rings. The number of benzene rings is 3. The van der Waals surface area contributed by atoms with Crippen LogP contribution in [-0.2, 0) is 0 Å². The zero-order chi connectivity index (χ0) is 21.4. The number of non-ortho nitro benzene ring substituents is 1. The van der Waals surface area contributed by atoms with E-state index in [4.69, 9.17) is 4.42 Å². The monoisotopic (exact) mass is 401 g/mol. The Morgan fingerprint density at radius 1 is 1.10 bits per heavy atom. The summed E-state index contributed by atoms with van der Waals surface area (Å²) in [5.74, 6) is 0.454. The van der Waals surface area contributed by atoms with Gasteiger partial charge >= 0.3 is 0 Å². The molecular weight excluding hydrogens is 382 g/mol. The predicted octanol–water partition coefficient (Wildman–Crippen LogP) is 5.78. The Kier molecular flexibility index (Phi) is 4.79. The average molecular weight is 401 g/mol. The number of nitrogens with zero attached hydrogens (tertiary/aromatic N) is 3. The summed E-state index contributed by atoms with van der Waals surface area (Å²) in [5, 5.41) is 21.3. The summed E-state index contributed by atoms with van der Waals surface area (Å²) in [6.07, 6.45) is 1.41. The SMILES string of the molecule is Cc1cc(C)c2oc(-c3cccc(N=Cc4cc([N+](=O)[O-])cc(C)c4O)c3)nc2c1. The van der Waals surface area contributed by atoms with Crippen molar-refractivity contribution in [1.82, 2.24) is 4.98 Å². The molecule has 7 heteroatoms. The van der Waals surface area contributed by atoms with Crippen molar-refractivity contribution < 1.29 is 14.4 Å². The quantitative estimate of drug-likeness (QED) is 0.265. The number of fused-ring (bicyclic) bond motifs is 1. The molecule has 4 rings (SSSR count). The maximum absolute atomic E-state index is 11.1. The normalized spacial score (nSPS) is 11.4. The summed E-state index contributed by atoms with van der Waals surface area (Å²) < 4.78 is 5.96. The maximum Gasteiger partial charge on any atom is 0.270 e. The maximum atomic E-state index is 11.1. The van der Waals surface area contributed by atoms with Crippen molar-refractivity contribution in [1.29, 1.82) is 0 Å². The molecule has 0 spiro atoms. The second kappa shape index (κ2) is 7.44. The molecule has 4 aromatic rings. The van der Waals surface area contributed by atoms with E-state index in [9.17, 15) is 15.2 Å². The fourth-order valence-electron chi connectivity index (χ4n) is 3.35. The molecule has 1 heterocycles. The first-order chi connectivity index (χ1) is 14.3. The number of aliphatic imine (C=N–C) groups is 1. The van der Waals surface area contributed by atoms with Gasteiger partial charge in [-0.1, -0.05) is 12.1 Å². The largest absolute Gasteiger partial charge is 0.507 e. The lowest BCUT2D eigenvalue weighted by Gasteiger charge is -2.03. The fraction of sp³-hybridized carbons (Fsp3) is 0.130. The zero-order valence-electron chi connectivity index (χ0n) is 16.7. The van der Waals surface area contributed by atoms with E-state index in [-0.39, 0.29) is 17.0 Å². The third-order valence-corrected chi connectivity index (χ3v) is 4.79. The molecule has 0 unspecified atom stereocenters. The van der Waals surface area contributed by atoms with E-state index in [2.05, 4.69) is 9.98 Å². The molecule has 0 fully saturated rings. The molecule has 3 aromatic carbocycles. The lowest BCUT2D eigenvalue weighted by molar-refractivity contribution is -0.384. The molecule has 1 N–H and O–H groups in total. The number of hydrogen-bond donors (Lipinski definition) is 1. The Morgan fingerprint density at radius 2 is 1.90 bits per heavy atom. The van der Waals surface area contributed by atoms with Gasteiger partial charge in [-0.15, -0.1) is 0 Å². The summed E-state index contributed by atoms with van der Waals surface area (Å²) in [5.41, 5.74) is 5.65. The Hall–Kier alpha value is -4.00. The van der Waals surface area contributed by atoms with E-state index in [1.807, 2.05) is 44.2 Å². The molecule has 1 aromatic heterocycles. The van der Waals surface area contributed by atoms with Gasteiger partial charge in [0, 0.05) is 29.5 Å².